The quantitative estimate of drug-likeness (QED) is 0.442. The molecule has 0 aliphatic carbocycles. The summed E-state index contributed by atoms with van der Waals surface area (Å²) >= 11 is 6.20. The normalized spacial score (nSPS) is 10.9. The Hall–Kier alpha value is -2.24. The van der Waals surface area contributed by atoms with Gasteiger partial charge in [0.05, 0.1) is 17.8 Å². The number of hydrazine groups is 1. The number of rotatable bonds is 3. The Morgan fingerprint density at radius 2 is 2.15 bits per heavy atom. The number of hydrogen-bond donors (Lipinski definition) is 2. The molecule has 2 aromatic heterocycles. The number of amides is 1. The van der Waals surface area contributed by atoms with Crippen LogP contribution in [0.3, 0.4) is 0 Å². The van der Waals surface area contributed by atoms with Crippen LogP contribution in [0.1, 0.15) is 16.1 Å². The fourth-order valence-corrected chi connectivity index (χ4v) is 2.52. The zero-order valence-corrected chi connectivity index (χ0v) is 11.2. The fourth-order valence-electron chi connectivity index (χ4n) is 2.24. The molecular weight excluding hydrogens is 278 g/mol. The van der Waals surface area contributed by atoms with E-state index in [1.165, 1.54) is 6.26 Å². The minimum atomic E-state index is -0.451. The number of hydrogen-bond acceptors (Lipinski definition) is 3. The van der Waals surface area contributed by atoms with Crippen molar-refractivity contribution in [2.24, 2.45) is 5.84 Å². The van der Waals surface area contributed by atoms with E-state index in [1.807, 2.05) is 35.0 Å². The highest BCUT2D eigenvalue weighted by molar-refractivity contribution is 6.35. The van der Waals surface area contributed by atoms with Crippen LogP contribution in [0.5, 0.6) is 0 Å². The number of carbonyl (C=O) groups excluding carboxylic acids is 1. The Bertz CT molecular complexity index is 776. The van der Waals surface area contributed by atoms with E-state index in [0.717, 1.165) is 16.5 Å². The van der Waals surface area contributed by atoms with Crippen LogP contribution in [-0.2, 0) is 6.54 Å². The van der Waals surface area contributed by atoms with Crippen LogP contribution in [0.4, 0.5) is 0 Å². The molecule has 3 N–H and O–H groups in total. The summed E-state index contributed by atoms with van der Waals surface area (Å²) in [5.41, 5.74) is 3.81. The molecule has 6 heteroatoms. The second-order valence-electron chi connectivity index (χ2n) is 4.37. The lowest BCUT2D eigenvalue weighted by atomic mass is 10.2. The van der Waals surface area contributed by atoms with Crippen molar-refractivity contribution in [3.63, 3.8) is 0 Å². The number of furan rings is 1. The van der Waals surface area contributed by atoms with Crippen LogP contribution in [0.2, 0.25) is 5.02 Å². The molecule has 0 radical (unpaired) electrons. The van der Waals surface area contributed by atoms with Gasteiger partial charge in [0.2, 0.25) is 0 Å². The molecule has 1 aromatic carbocycles. The SMILES string of the molecule is NNC(=O)c1occc1Cn1cc(Cl)c2ccccc21. The number of nitrogens with one attached hydrogen (secondary N) is 1. The minimum Gasteiger partial charge on any atom is -0.459 e. The van der Waals surface area contributed by atoms with Gasteiger partial charge in [-0.15, -0.1) is 0 Å². The monoisotopic (exact) mass is 289 g/mol. The van der Waals surface area contributed by atoms with Gasteiger partial charge in [-0.2, -0.15) is 0 Å². The number of halogens is 1. The van der Waals surface area contributed by atoms with E-state index in [0.29, 0.717) is 11.6 Å². The van der Waals surface area contributed by atoms with Crippen molar-refractivity contribution in [1.29, 1.82) is 0 Å². The van der Waals surface area contributed by atoms with Gasteiger partial charge in [0.15, 0.2) is 5.76 Å². The highest BCUT2D eigenvalue weighted by Crippen LogP contribution is 2.26. The number of fused-ring (bicyclic) bond motifs is 1. The molecule has 0 saturated heterocycles. The third kappa shape index (κ3) is 2.07. The molecule has 0 fully saturated rings. The first-order valence-corrected chi connectivity index (χ1v) is 6.39. The second-order valence-corrected chi connectivity index (χ2v) is 4.78. The standard InChI is InChI=1S/C14H12ClN3O2/c15-11-8-18(12-4-2-1-3-10(11)12)7-9-5-6-20-13(9)14(19)17-16/h1-6,8H,7,16H2,(H,17,19). The summed E-state index contributed by atoms with van der Waals surface area (Å²) in [7, 11) is 0. The van der Waals surface area contributed by atoms with E-state index in [9.17, 15) is 4.79 Å². The van der Waals surface area contributed by atoms with Crippen LogP contribution in [0.25, 0.3) is 10.9 Å². The van der Waals surface area contributed by atoms with Crippen molar-refractivity contribution >= 4 is 28.4 Å². The number of nitrogens with zero attached hydrogens (tertiary/aromatic N) is 1. The number of nitrogens with two attached hydrogens (primary N) is 1. The van der Waals surface area contributed by atoms with Crippen molar-refractivity contribution in [2.75, 3.05) is 0 Å². The van der Waals surface area contributed by atoms with Gasteiger partial charge in [0, 0.05) is 22.7 Å². The van der Waals surface area contributed by atoms with Crippen LogP contribution >= 0.6 is 11.6 Å². The van der Waals surface area contributed by atoms with Crippen molar-refractivity contribution in [3.05, 3.63) is 59.1 Å². The zero-order valence-electron chi connectivity index (χ0n) is 10.5. The van der Waals surface area contributed by atoms with Gasteiger partial charge in [-0.25, -0.2) is 5.84 Å². The number of nitrogen functional groups attached to an aromatic ring is 1. The van der Waals surface area contributed by atoms with E-state index >= 15 is 0 Å². The van der Waals surface area contributed by atoms with Crippen molar-refractivity contribution in [2.45, 2.75) is 6.54 Å². The van der Waals surface area contributed by atoms with Gasteiger partial charge < -0.3 is 8.98 Å². The fraction of sp³-hybridized carbons (Fsp3) is 0.0714. The van der Waals surface area contributed by atoms with Crippen LogP contribution in [-0.4, -0.2) is 10.5 Å². The van der Waals surface area contributed by atoms with E-state index in [2.05, 4.69) is 5.43 Å². The Morgan fingerprint density at radius 3 is 2.95 bits per heavy atom. The van der Waals surface area contributed by atoms with Gasteiger partial charge in [0.1, 0.15) is 0 Å². The third-order valence-electron chi connectivity index (χ3n) is 3.16. The summed E-state index contributed by atoms with van der Waals surface area (Å²) in [6, 6.07) is 9.55. The lowest BCUT2D eigenvalue weighted by Gasteiger charge is -2.05. The molecule has 1 amide bonds. The van der Waals surface area contributed by atoms with Gasteiger partial charge in [-0.05, 0) is 12.1 Å². The number of aromatic nitrogens is 1. The van der Waals surface area contributed by atoms with E-state index in [1.54, 1.807) is 6.07 Å². The maximum Gasteiger partial charge on any atom is 0.301 e. The van der Waals surface area contributed by atoms with Gasteiger partial charge in [-0.1, -0.05) is 29.8 Å². The number of benzene rings is 1. The predicted molar refractivity (Wildman–Crippen MR) is 76.4 cm³/mol. The lowest BCUT2D eigenvalue weighted by molar-refractivity contribution is 0.0924. The molecule has 3 aromatic rings. The Balaban J connectivity index is 2.02. The summed E-state index contributed by atoms with van der Waals surface area (Å²) in [6.07, 6.45) is 3.30. The molecule has 102 valence electrons. The summed E-state index contributed by atoms with van der Waals surface area (Å²) in [6.45, 7) is 0.479. The van der Waals surface area contributed by atoms with Gasteiger partial charge >= 0.3 is 5.91 Å². The Labute approximate surface area is 119 Å². The van der Waals surface area contributed by atoms with Crippen molar-refractivity contribution in [1.82, 2.24) is 9.99 Å². The van der Waals surface area contributed by atoms with Crippen LogP contribution in [0, 0.1) is 0 Å². The predicted octanol–water partition coefficient (Wildman–Crippen LogP) is 2.54. The third-order valence-corrected chi connectivity index (χ3v) is 3.47. The van der Waals surface area contributed by atoms with Crippen molar-refractivity contribution in [3.8, 4) is 0 Å². The molecule has 0 spiro atoms. The molecule has 0 aliphatic heterocycles. The minimum absolute atomic E-state index is 0.210. The largest absolute Gasteiger partial charge is 0.459 e. The molecule has 0 saturated carbocycles. The molecule has 5 nitrogen and oxygen atoms in total. The molecular formula is C14H12ClN3O2. The second kappa shape index (κ2) is 5.03. The van der Waals surface area contributed by atoms with Crippen LogP contribution in [0.15, 0.2) is 47.2 Å². The molecule has 0 atom stereocenters. The van der Waals surface area contributed by atoms with E-state index < -0.39 is 5.91 Å². The van der Waals surface area contributed by atoms with Crippen LogP contribution < -0.4 is 11.3 Å². The van der Waals surface area contributed by atoms with Crippen molar-refractivity contribution < 1.29 is 9.21 Å². The number of carbonyl (C=O) groups is 1. The molecule has 20 heavy (non-hydrogen) atoms. The maximum atomic E-state index is 11.6. The zero-order chi connectivity index (χ0) is 14.1. The van der Waals surface area contributed by atoms with E-state index in [4.69, 9.17) is 21.9 Å². The molecule has 0 bridgehead atoms. The first-order valence-electron chi connectivity index (χ1n) is 6.01. The molecule has 0 unspecified atom stereocenters. The Kier molecular flexibility index (Phi) is 3.22. The average molecular weight is 290 g/mol. The first kappa shape index (κ1) is 12.8. The first-order chi connectivity index (χ1) is 9.70. The lowest BCUT2D eigenvalue weighted by Crippen LogP contribution is -2.30. The highest BCUT2D eigenvalue weighted by atomic mass is 35.5. The summed E-state index contributed by atoms with van der Waals surface area (Å²) in [4.78, 5) is 11.6. The van der Waals surface area contributed by atoms with E-state index in [-0.39, 0.29) is 5.76 Å². The molecule has 3 rings (SSSR count). The number of para-hydroxylation sites is 1. The summed E-state index contributed by atoms with van der Waals surface area (Å²) in [5.74, 6) is 4.89. The summed E-state index contributed by atoms with van der Waals surface area (Å²) in [5, 5.41) is 1.65. The maximum absolute atomic E-state index is 11.6. The highest BCUT2D eigenvalue weighted by Gasteiger charge is 2.15. The average Bonchev–Trinajstić information content (AvgIpc) is 3.05. The molecule has 0 aliphatic rings. The van der Waals surface area contributed by atoms with Gasteiger partial charge in [0.25, 0.3) is 0 Å². The van der Waals surface area contributed by atoms with Gasteiger partial charge in [-0.3, -0.25) is 10.2 Å². The summed E-state index contributed by atoms with van der Waals surface area (Å²) < 4.78 is 7.14. The molecule has 2 heterocycles. The Morgan fingerprint density at radius 1 is 1.35 bits per heavy atom. The topological polar surface area (TPSA) is 73.2 Å². The smallest absolute Gasteiger partial charge is 0.301 e.